The van der Waals surface area contributed by atoms with Gasteiger partial charge < -0.3 is 5.32 Å². The molecule has 0 saturated carbocycles. The van der Waals surface area contributed by atoms with Gasteiger partial charge in [-0.1, -0.05) is 11.6 Å². The van der Waals surface area contributed by atoms with Gasteiger partial charge in [-0.05, 0) is 31.4 Å². The molecule has 1 saturated heterocycles. The number of nitrogens with zero attached hydrogens (tertiary/aromatic N) is 2. The second kappa shape index (κ2) is 6.87. The third-order valence-corrected chi connectivity index (χ3v) is 3.85. The first kappa shape index (κ1) is 14.3. The average molecular weight is 282 g/mol. The van der Waals surface area contributed by atoms with E-state index in [0.29, 0.717) is 5.92 Å². The summed E-state index contributed by atoms with van der Waals surface area (Å²) in [7, 11) is 0. The van der Waals surface area contributed by atoms with Crippen molar-refractivity contribution in [2.45, 2.75) is 26.3 Å². The highest BCUT2D eigenvalue weighted by atomic mass is 35.5. The van der Waals surface area contributed by atoms with E-state index in [1.165, 1.54) is 12.8 Å². The number of piperidine rings is 1. The summed E-state index contributed by atoms with van der Waals surface area (Å²) < 4.78 is 0. The van der Waals surface area contributed by atoms with Crippen LogP contribution in [0.2, 0.25) is 5.02 Å². The standard InChI is InChI=1S/C14H20ClN3O/c1-11(19)17-7-12-3-2-6-18(9-12)10-13-8-16-5-4-14(13)15/h4-5,8,12H,2-3,6-7,9-10H2,1H3,(H,17,19). The predicted octanol–water partition coefficient (Wildman–Crippen LogP) is 2.08. The minimum atomic E-state index is 0.0485. The van der Waals surface area contributed by atoms with Crippen molar-refractivity contribution in [1.82, 2.24) is 15.2 Å². The Morgan fingerprint density at radius 3 is 3.21 bits per heavy atom. The van der Waals surface area contributed by atoms with Crippen LogP contribution in [0.3, 0.4) is 0 Å². The lowest BCUT2D eigenvalue weighted by molar-refractivity contribution is -0.119. The fourth-order valence-corrected chi connectivity index (χ4v) is 2.68. The predicted molar refractivity (Wildman–Crippen MR) is 75.9 cm³/mol. The molecule has 1 unspecified atom stereocenters. The van der Waals surface area contributed by atoms with Crippen LogP contribution >= 0.6 is 11.6 Å². The Labute approximate surface area is 119 Å². The fourth-order valence-electron chi connectivity index (χ4n) is 2.52. The van der Waals surface area contributed by atoms with Crippen molar-refractivity contribution in [3.63, 3.8) is 0 Å². The van der Waals surface area contributed by atoms with Crippen LogP contribution in [0.5, 0.6) is 0 Å². The molecule has 19 heavy (non-hydrogen) atoms. The number of hydrogen-bond acceptors (Lipinski definition) is 3. The van der Waals surface area contributed by atoms with E-state index in [-0.39, 0.29) is 5.91 Å². The number of carbonyl (C=O) groups is 1. The van der Waals surface area contributed by atoms with Crippen molar-refractivity contribution in [3.8, 4) is 0 Å². The monoisotopic (exact) mass is 281 g/mol. The molecular weight excluding hydrogens is 262 g/mol. The number of nitrogens with one attached hydrogen (secondary N) is 1. The van der Waals surface area contributed by atoms with Crippen molar-refractivity contribution in [2.24, 2.45) is 5.92 Å². The molecular formula is C14H20ClN3O. The number of hydrogen-bond donors (Lipinski definition) is 1. The van der Waals surface area contributed by atoms with Crippen molar-refractivity contribution in [3.05, 3.63) is 29.0 Å². The lowest BCUT2D eigenvalue weighted by atomic mass is 9.97. The van der Waals surface area contributed by atoms with E-state index in [1.54, 1.807) is 13.1 Å². The Kier molecular flexibility index (Phi) is 5.16. The number of amides is 1. The van der Waals surface area contributed by atoms with Gasteiger partial charge in [0.05, 0.1) is 0 Å². The largest absolute Gasteiger partial charge is 0.356 e. The summed E-state index contributed by atoms with van der Waals surface area (Å²) in [5.41, 5.74) is 1.07. The van der Waals surface area contributed by atoms with Crippen LogP contribution in [-0.4, -0.2) is 35.4 Å². The van der Waals surface area contributed by atoms with Crippen molar-refractivity contribution < 1.29 is 4.79 Å². The molecule has 1 aliphatic rings. The number of pyridine rings is 1. The Balaban J connectivity index is 1.87. The molecule has 0 spiro atoms. The maximum atomic E-state index is 11.0. The average Bonchev–Trinajstić information content (AvgIpc) is 2.40. The third-order valence-electron chi connectivity index (χ3n) is 3.48. The first-order chi connectivity index (χ1) is 9.15. The third kappa shape index (κ3) is 4.48. The van der Waals surface area contributed by atoms with Crippen LogP contribution in [0.15, 0.2) is 18.5 Å². The van der Waals surface area contributed by atoms with Crippen molar-refractivity contribution >= 4 is 17.5 Å². The molecule has 1 aliphatic heterocycles. The normalized spacial score (nSPS) is 20.2. The highest BCUT2D eigenvalue weighted by Crippen LogP contribution is 2.21. The van der Waals surface area contributed by atoms with E-state index >= 15 is 0 Å². The molecule has 0 bridgehead atoms. The summed E-state index contributed by atoms with van der Waals surface area (Å²) in [6, 6.07) is 1.83. The molecule has 0 radical (unpaired) electrons. The minimum absolute atomic E-state index is 0.0485. The summed E-state index contributed by atoms with van der Waals surface area (Å²) in [6.45, 7) is 5.26. The molecule has 0 aliphatic carbocycles. The van der Waals surface area contributed by atoms with E-state index < -0.39 is 0 Å². The molecule has 1 atom stereocenters. The van der Waals surface area contributed by atoms with Gasteiger partial charge >= 0.3 is 0 Å². The topological polar surface area (TPSA) is 45.2 Å². The summed E-state index contributed by atoms with van der Waals surface area (Å²) in [5.74, 6) is 0.584. The lowest BCUT2D eigenvalue weighted by Gasteiger charge is -2.32. The van der Waals surface area contributed by atoms with Crippen LogP contribution in [0.25, 0.3) is 0 Å². The molecule has 4 nitrogen and oxygen atoms in total. The van der Waals surface area contributed by atoms with Crippen LogP contribution in [-0.2, 0) is 11.3 Å². The Morgan fingerprint density at radius 2 is 2.47 bits per heavy atom. The van der Waals surface area contributed by atoms with Gasteiger partial charge in [0, 0.05) is 49.5 Å². The first-order valence-electron chi connectivity index (χ1n) is 6.70. The number of aromatic nitrogens is 1. The highest BCUT2D eigenvalue weighted by Gasteiger charge is 2.20. The zero-order valence-corrected chi connectivity index (χ0v) is 12.0. The van der Waals surface area contributed by atoms with Crippen LogP contribution in [0, 0.1) is 5.92 Å². The zero-order valence-electron chi connectivity index (χ0n) is 11.2. The Morgan fingerprint density at radius 1 is 1.63 bits per heavy atom. The maximum absolute atomic E-state index is 11.0. The summed E-state index contributed by atoms with van der Waals surface area (Å²) >= 11 is 6.16. The van der Waals surface area contributed by atoms with E-state index in [0.717, 1.165) is 36.8 Å². The number of rotatable bonds is 4. The van der Waals surface area contributed by atoms with Gasteiger partial charge in [0.25, 0.3) is 0 Å². The SMILES string of the molecule is CC(=O)NCC1CCCN(Cc2cnccc2Cl)C1. The summed E-state index contributed by atoms with van der Waals surface area (Å²) in [6.07, 6.45) is 5.89. The molecule has 2 rings (SSSR count). The van der Waals surface area contributed by atoms with Crippen molar-refractivity contribution in [2.75, 3.05) is 19.6 Å². The molecule has 1 aromatic rings. The molecule has 2 heterocycles. The molecule has 1 amide bonds. The molecule has 5 heteroatoms. The quantitative estimate of drug-likeness (QED) is 0.919. The van der Waals surface area contributed by atoms with Gasteiger partial charge in [0.1, 0.15) is 0 Å². The van der Waals surface area contributed by atoms with E-state index in [1.807, 2.05) is 12.3 Å². The van der Waals surface area contributed by atoms with E-state index in [2.05, 4.69) is 15.2 Å². The smallest absolute Gasteiger partial charge is 0.216 e. The minimum Gasteiger partial charge on any atom is -0.356 e. The zero-order chi connectivity index (χ0) is 13.7. The number of likely N-dealkylation sites (tertiary alicyclic amines) is 1. The molecule has 1 aromatic heterocycles. The molecule has 0 aromatic carbocycles. The Hall–Kier alpha value is -1.13. The number of carbonyl (C=O) groups excluding carboxylic acids is 1. The number of halogens is 1. The summed E-state index contributed by atoms with van der Waals surface area (Å²) in [5, 5.41) is 3.68. The van der Waals surface area contributed by atoms with E-state index in [9.17, 15) is 4.79 Å². The van der Waals surface area contributed by atoms with E-state index in [4.69, 9.17) is 11.6 Å². The van der Waals surface area contributed by atoms with Gasteiger partial charge in [-0.15, -0.1) is 0 Å². The Bertz CT molecular complexity index is 438. The van der Waals surface area contributed by atoms with Gasteiger partial charge in [-0.25, -0.2) is 0 Å². The summed E-state index contributed by atoms with van der Waals surface area (Å²) in [4.78, 5) is 17.5. The van der Waals surface area contributed by atoms with Gasteiger partial charge in [-0.3, -0.25) is 14.7 Å². The fraction of sp³-hybridized carbons (Fsp3) is 0.571. The molecule has 1 N–H and O–H groups in total. The van der Waals surface area contributed by atoms with Crippen LogP contribution < -0.4 is 5.32 Å². The van der Waals surface area contributed by atoms with Crippen molar-refractivity contribution in [1.29, 1.82) is 0 Å². The molecule has 1 fully saturated rings. The lowest BCUT2D eigenvalue weighted by Crippen LogP contribution is -2.40. The van der Waals surface area contributed by atoms with Crippen LogP contribution in [0.4, 0.5) is 0 Å². The first-order valence-corrected chi connectivity index (χ1v) is 7.08. The van der Waals surface area contributed by atoms with Gasteiger partial charge in [0.15, 0.2) is 0 Å². The highest BCUT2D eigenvalue weighted by molar-refractivity contribution is 6.31. The maximum Gasteiger partial charge on any atom is 0.216 e. The van der Waals surface area contributed by atoms with Gasteiger partial charge in [-0.2, -0.15) is 0 Å². The second-order valence-electron chi connectivity index (χ2n) is 5.15. The van der Waals surface area contributed by atoms with Gasteiger partial charge in [0.2, 0.25) is 5.91 Å². The molecule has 104 valence electrons. The van der Waals surface area contributed by atoms with Crippen LogP contribution in [0.1, 0.15) is 25.3 Å². The second-order valence-corrected chi connectivity index (χ2v) is 5.55.